The van der Waals surface area contributed by atoms with Crippen LogP contribution >= 0.6 is 15.9 Å². The monoisotopic (exact) mass is 312 g/mol. The summed E-state index contributed by atoms with van der Waals surface area (Å²) in [6.45, 7) is 0. The van der Waals surface area contributed by atoms with Gasteiger partial charge in [0.2, 0.25) is 5.95 Å². The quantitative estimate of drug-likeness (QED) is 0.510. The Morgan fingerprint density at radius 3 is 2.56 bits per heavy atom. The second-order valence-corrected chi connectivity index (χ2v) is 4.24. The van der Waals surface area contributed by atoms with Crippen LogP contribution in [0, 0.1) is 5.82 Å². The van der Waals surface area contributed by atoms with Gasteiger partial charge >= 0.3 is 0 Å². The number of halogens is 2. The Bertz CT molecular complexity index is 576. The molecule has 0 saturated carbocycles. The van der Waals surface area contributed by atoms with Gasteiger partial charge in [-0.05, 0) is 34.1 Å². The second-order valence-electron chi connectivity index (χ2n) is 3.39. The Hall–Kier alpha value is -1.93. The Labute approximate surface area is 111 Å². The number of nitrogen functional groups attached to an aromatic ring is 2. The summed E-state index contributed by atoms with van der Waals surface area (Å²) in [6, 6.07) is 5.83. The van der Waals surface area contributed by atoms with Crippen molar-refractivity contribution in [1.29, 1.82) is 0 Å². The lowest BCUT2D eigenvalue weighted by Crippen LogP contribution is -2.11. The van der Waals surface area contributed by atoms with Gasteiger partial charge in [-0.25, -0.2) is 10.2 Å². The molecular formula is C10H10BrFN6. The maximum absolute atomic E-state index is 12.9. The number of aromatic nitrogens is 2. The summed E-state index contributed by atoms with van der Waals surface area (Å²) in [5, 5.41) is 2.97. The highest BCUT2D eigenvalue weighted by Gasteiger charge is 2.05. The predicted molar refractivity (Wildman–Crippen MR) is 71.6 cm³/mol. The molecule has 2 rings (SSSR count). The van der Waals surface area contributed by atoms with E-state index >= 15 is 0 Å². The maximum atomic E-state index is 12.9. The largest absolute Gasteiger partial charge is 0.368 e. The van der Waals surface area contributed by atoms with E-state index in [9.17, 15) is 4.39 Å². The maximum Gasteiger partial charge on any atom is 0.223 e. The molecule has 0 saturated heterocycles. The van der Waals surface area contributed by atoms with E-state index in [0.29, 0.717) is 21.8 Å². The second kappa shape index (κ2) is 5.15. The molecule has 0 aliphatic heterocycles. The van der Waals surface area contributed by atoms with Crippen LogP contribution in [0.1, 0.15) is 0 Å². The topological polar surface area (TPSA) is 102 Å². The summed E-state index contributed by atoms with van der Waals surface area (Å²) in [7, 11) is 0. The third-order valence-electron chi connectivity index (χ3n) is 2.09. The van der Waals surface area contributed by atoms with Gasteiger partial charge in [-0.3, -0.25) is 0 Å². The Morgan fingerprint density at radius 1 is 1.17 bits per heavy atom. The van der Waals surface area contributed by atoms with E-state index in [1.165, 1.54) is 12.1 Å². The highest BCUT2D eigenvalue weighted by Crippen LogP contribution is 2.26. The zero-order chi connectivity index (χ0) is 13.1. The number of rotatable bonds is 3. The molecule has 0 aliphatic rings. The lowest BCUT2D eigenvalue weighted by molar-refractivity contribution is 0.627. The molecule has 0 aliphatic carbocycles. The molecule has 0 atom stereocenters. The molecule has 0 radical (unpaired) electrons. The van der Waals surface area contributed by atoms with Crippen LogP contribution in [0.5, 0.6) is 0 Å². The molecule has 6 nitrogen and oxygen atoms in total. The van der Waals surface area contributed by atoms with Gasteiger partial charge in [0, 0.05) is 10.5 Å². The number of nitrogens with two attached hydrogens (primary N) is 2. The Kier molecular flexibility index (Phi) is 3.58. The normalized spacial score (nSPS) is 10.2. The molecule has 8 heteroatoms. The molecule has 1 heterocycles. The molecule has 1 aromatic carbocycles. The standard InChI is InChI=1S/C10H10BrFN6/c11-6-3-5(12)1-2-7(6)15-8-4-9(18-14)17-10(13)16-8/h1-4H,14H2,(H4,13,15,16,17,18). The summed E-state index contributed by atoms with van der Waals surface area (Å²) in [6.07, 6.45) is 0. The fourth-order valence-electron chi connectivity index (χ4n) is 1.33. The smallest absolute Gasteiger partial charge is 0.223 e. The van der Waals surface area contributed by atoms with E-state index < -0.39 is 0 Å². The molecule has 0 spiro atoms. The fraction of sp³-hybridized carbons (Fsp3) is 0. The van der Waals surface area contributed by atoms with Crippen molar-refractivity contribution in [1.82, 2.24) is 9.97 Å². The average molecular weight is 313 g/mol. The summed E-state index contributed by atoms with van der Waals surface area (Å²) in [5.41, 5.74) is 8.55. The molecule has 2 aromatic rings. The first-order chi connectivity index (χ1) is 8.58. The van der Waals surface area contributed by atoms with Crippen LogP contribution in [0.2, 0.25) is 0 Å². The highest BCUT2D eigenvalue weighted by atomic mass is 79.9. The summed E-state index contributed by atoms with van der Waals surface area (Å²) in [5.74, 6) is 5.81. The molecule has 18 heavy (non-hydrogen) atoms. The lowest BCUT2D eigenvalue weighted by atomic mass is 10.3. The molecule has 0 bridgehead atoms. The van der Waals surface area contributed by atoms with Gasteiger partial charge in [-0.15, -0.1) is 0 Å². The van der Waals surface area contributed by atoms with E-state index in [2.05, 4.69) is 36.6 Å². The number of hydrogen-bond acceptors (Lipinski definition) is 6. The van der Waals surface area contributed by atoms with Crippen LogP contribution in [0.25, 0.3) is 0 Å². The van der Waals surface area contributed by atoms with Crippen LogP contribution in [-0.2, 0) is 0 Å². The average Bonchev–Trinajstić information content (AvgIpc) is 2.32. The van der Waals surface area contributed by atoms with Crippen molar-refractivity contribution in [3.63, 3.8) is 0 Å². The number of nitrogens with zero attached hydrogens (tertiary/aromatic N) is 2. The first-order valence-electron chi connectivity index (χ1n) is 4.92. The summed E-state index contributed by atoms with van der Waals surface area (Å²) >= 11 is 3.24. The Balaban J connectivity index is 2.30. The zero-order valence-corrected chi connectivity index (χ0v) is 10.7. The van der Waals surface area contributed by atoms with Crippen molar-refractivity contribution >= 4 is 39.2 Å². The third kappa shape index (κ3) is 2.84. The highest BCUT2D eigenvalue weighted by molar-refractivity contribution is 9.10. The van der Waals surface area contributed by atoms with E-state index in [0.717, 1.165) is 0 Å². The van der Waals surface area contributed by atoms with E-state index in [4.69, 9.17) is 11.6 Å². The van der Waals surface area contributed by atoms with Crippen LogP contribution in [0.4, 0.5) is 27.7 Å². The van der Waals surface area contributed by atoms with Crippen molar-refractivity contribution in [2.75, 3.05) is 16.5 Å². The SMILES string of the molecule is NNc1cc(Nc2ccc(F)cc2Br)nc(N)n1. The van der Waals surface area contributed by atoms with Crippen molar-refractivity contribution in [3.8, 4) is 0 Å². The van der Waals surface area contributed by atoms with Crippen LogP contribution in [-0.4, -0.2) is 9.97 Å². The molecule has 0 unspecified atom stereocenters. The van der Waals surface area contributed by atoms with Crippen LogP contribution < -0.4 is 22.3 Å². The lowest BCUT2D eigenvalue weighted by Gasteiger charge is -2.09. The third-order valence-corrected chi connectivity index (χ3v) is 2.74. The number of nitrogens with one attached hydrogen (secondary N) is 2. The first-order valence-corrected chi connectivity index (χ1v) is 5.71. The van der Waals surface area contributed by atoms with Crippen molar-refractivity contribution < 1.29 is 4.39 Å². The van der Waals surface area contributed by atoms with Gasteiger partial charge in [0.15, 0.2) is 0 Å². The van der Waals surface area contributed by atoms with Crippen molar-refractivity contribution in [2.24, 2.45) is 5.84 Å². The predicted octanol–water partition coefficient (Wildman–Crippen LogP) is 1.99. The first kappa shape index (κ1) is 12.5. The van der Waals surface area contributed by atoms with Gasteiger partial charge in [0.1, 0.15) is 17.5 Å². The number of anilines is 4. The summed E-state index contributed by atoms with van der Waals surface area (Å²) < 4.78 is 13.5. The van der Waals surface area contributed by atoms with Gasteiger partial charge < -0.3 is 16.5 Å². The van der Waals surface area contributed by atoms with Crippen LogP contribution in [0.3, 0.4) is 0 Å². The fourth-order valence-corrected chi connectivity index (χ4v) is 1.78. The molecule has 94 valence electrons. The van der Waals surface area contributed by atoms with Crippen molar-refractivity contribution in [3.05, 3.63) is 34.6 Å². The zero-order valence-electron chi connectivity index (χ0n) is 9.11. The molecule has 1 aromatic heterocycles. The van der Waals surface area contributed by atoms with E-state index in [1.807, 2.05) is 0 Å². The molecule has 0 fully saturated rings. The Morgan fingerprint density at radius 2 is 1.89 bits per heavy atom. The van der Waals surface area contributed by atoms with Crippen molar-refractivity contribution in [2.45, 2.75) is 0 Å². The minimum atomic E-state index is -0.334. The number of benzene rings is 1. The molecule has 6 N–H and O–H groups in total. The minimum Gasteiger partial charge on any atom is -0.368 e. The van der Waals surface area contributed by atoms with Gasteiger partial charge in [0.25, 0.3) is 0 Å². The number of hydrazine groups is 1. The summed E-state index contributed by atoms with van der Waals surface area (Å²) in [4.78, 5) is 7.84. The minimum absolute atomic E-state index is 0.0752. The molecule has 0 amide bonds. The van der Waals surface area contributed by atoms with Gasteiger partial charge in [-0.2, -0.15) is 9.97 Å². The van der Waals surface area contributed by atoms with Gasteiger partial charge in [-0.1, -0.05) is 0 Å². The number of hydrogen-bond donors (Lipinski definition) is 4. The molecular weight excluding hydrogens is 303 g/mol. The van der Waals surface area contributed by atoms with Gasteiger partial charge in [0.05, 0.1) is 5.69 Å². The van der Waals surface area contributed by atoms with E-state index in [-0.39, 0.29) is 11.8 Å². The van der Waals surface area contributed by atoms with E-state index in [1.54, 1.807) is 12.1 Å². The van der Waals surface area contributed by atoms with Crippen LogP contribution in [0.15, 0.2) is 28.7 Å².